The standard InChI is InChI=1S/C21H20ClN3O4S2/c22-14-3-1-13(2-4-14)18-9-17-20(30-18)21(27)24(12-23-17)10-19(26)25(15-5-6-15)16-7-8-31(28,29)11-16/h1-4,9,12,15-16H,5-8,10-11H2. The molecule has 1 aliphatic carbocycles. The predicted molar refractivity (Wildman–Crippen MR) is 121 cm³/mol. The molecule has 162 valence electrons. The molecule has 0 N–H and O–H groups in total. The van der Waals surface area contributed by atoms with E-state index >= 15 is 0 Å². The van der Waals surface area contributed by atoms with Crippen LogP contribution < -0.4 is 5.56 Å². The molecular formula is C21H20ClN3O4S2. The van der Waals surface area contributed by atoms with Crippen LogP contribution in [0.3, 0.4) is 0 Å². The number of rotatable bonds is 5. The summed E-state index contributed by atoms with van der Waals surface area (Å²) in [4.78, 5) is 33.1. The van der Waals surface area contributed by atoms with Crippen molar-refractivity contribution in [1.29, 1.82) is 0 Å². The third-order valence-corrected chi connectivity index (χ3v) is 8.93. The second kappa shape index (κ2) is 7.72. The van der Waals surface area contributed by atoms with E-state index in [0.29, 0.717) is 21.7 Å². The lowest BCUT2D eigenvalue weighted by Gasteiger charge is -2.28. The van der Waals surface area contributed by atoms with Crippen molar-refractivity contribution >= 4 is 48.9 Å². The van der Waals surface area contributed by atoms with Crippen LogP contribution in [0, 0.1) is 0 Å². The number of sulfone groups is 1. The molecule has 0 spiro atoms. The molecule has 0 radical (unpaired) electrons. The topological polar surface area (TPSA) is 89.3 Å². The number of halogens is 1. The number of hydrogen-bond donors (Lipinski definition) is 0. The van der Waals surface area contributed by atoms with Gasteiger partial charge in [0.25, 0.3) is 5.56 Å². The second-order valence-corrected chi connectivity index (χ2v) is 11.8. The first-order valence-electron chi connectivity index (χ1n) is 10.1. The SMILES string of the molecule is O=C(Cn1cnc2cc(-c3ccc(Cl)cc3)sc2c1=O)N(C1CC1)C1CCS(=O)(=O)C1. The van der Waals surface area contributed by atoms with E-state index in [0.717, 1.165) is 23.3 Å². The zero-order chi connectivity index (χ0) is 21.8. The van der Waals surface area contributed by atoms with E-state index in [4.69, 9.17) is 11.6 Å². The quantitative estimate of drug-likeness (QED) is 0.563. The molecule has 7 nitrogen and oxygen atoms in total. The van der Waals surface area contributed by atoms with Crippen LogP contribution in [0.25, 0.3) is 20.7 Å². The number of carbonyl (C=O) groups is 1. The number of amides is 1. The molecule has 1 unspecified atom stereocenters. The Morgan fingerprint density at radius 3 is 2.58 bits per heavy atom. The van der Waals surface area contributed by atoms with Crippen LogP contribution in [0.4, 0.5) is 0 Å². The average Bonchev–Trinajstić information content (AvgIpc) is 3.34. The van der Waals surface area contributed by atoms with Gasteiger partial charge in [-0.3, -0.25) is 14.2 Å². The number of benzene rings is 1. The molecule has 1 saturated carbocycles. The number of hydrogen-bond acceptors (Lipinski definition) is 6. The molecule has 10 heteroatoms. The van der Waals surface area contributed by atoms with E-state index in [1.165, 1.54) is 22.2 Å². The Labute approximate surface area is 188 Å². The summed E-state index contributed by atoms with van der Waals surface area (Å²) < 4.78 is 25.6. The van der Waals surface area contributed by atoms with Crippen LogP contribution in [-0.4, -0.2) is 52.4 Å². The predicted octanol–water partition coefficient (Wildman–Crippen LogP) is 2.96. The van der Waals surface area contributed by atoms with Crippen molar-refractivity contribution in [2.45, 2.75) is 37.9 Å². The van der Waals surface area contributed by atoms with Crippen molar-refractivity contribution in [1.82, 2.24) is 14.5 Å². The summed E-state index contributed by atoms with van der Waals surface area (Å²) in [6.45, 7) is -0.136. The lowest BCUT2D eigenvalue weighted by molar-refractivity contribution is -0.134. The van der Waals surface area contributed by atoms with Crippen molar-refractivity contribution in [3.63, 3.8) is 0 Å². The largest absolute Gasteiger partial charge is 0.334 e. The second-order valence-electron chi connectivity index (χ2n) is 8.10. The van der Waals surface area contributed by atoms with Gasteiger partial charge >= 0.3 is 0 Å². The summed E-state index contributed by atoms with van der Waals surface area (Å²) in [5.74, 6) is -0.0940. The van der Waals surface area contributed by atoms with Crippen molar-refractivity contribution in [3.8, 4) is 10.4 Å². The van der Waals surface area contributed by atoms with Crippen molar-refractivity contribution < 1.29 is 13.2 Å². The van der Waals surface area contributed by atoms with Gasteiger partial charge in [-0.25, -0.2) is 13.4 Å². The first-order valence-corrected chi connectivity index (χ1v) is 13.1. The normalized spacial score (nSPS) is 20.2. The molecule has 1 aromatic carbocycles. The Morgan fingerprint density at radius 2 is 1.94 bits per heavy atom. The maximum atomic E-state index is 13.1. The van der Waals surface area contributed by atoms with E-state index in [-0.39, 0.29) is 41.6 Å². The van der Waals surface area contributed by atoms with Gasteiger partial charge in [0.15, 0.2) is 9.84 Å². The minimum atomic E-state index is -3.10. The molecule has 2 fully saturated rings. The molecule has 3 aromatic rings. The maximum absolute atomic E-state index is 13.1. The van der Waals surface area contributed by atoms with Crippen LogP contribution >= 0.6 is 22.9 Å². The minimum Gasteiger partial charge on any atom is -0.334 e. The molecule has 5 rings (SSSR count). The number of nitrogens with zero attached hydrogens (tertiary/aromatic N) is 3. The van der Waals surface area contributed by atoms with Crippen LogP contribution in [0.5, 0.6) is 0 Å². The molecule has 2 aliphatic rings. The molecule has 1 amide bonds. The highest BCUT2D eigenvalue weighted by atomic mass is 35.5. The van der Waals surface area contributed by atoms with E-state index < -0.39 is 9.84 Å². The van der Waals surface area contributed by atoms with Gasteiger partial charge in [0.2, 0.25) is 5.91 Å². The minimum absolute atomic E-state index is 0.0107. The third kappa shape index (κ3) is 4.14. The molecule has 1 atom stereocenters. The zero-order valence-corrected chi connectivity index (χ0v) is 18.9. The van der Waals surface area contributed by atoms with Gasteiger partial charge in [-0.05, 0) is 43.0 Å². The van der Waals surface area contributed by atoms with Crippen LogP contribution in [-0.2, 0) is 21.2 Å². The maximum Gasteiger partial charge on any atom is 0.271 e. The monoisotopic (exact) mass is 477 g/mol. The highest BCUT2D eigenvalue weighted by Crippen LogP contribution is 2.33. The van der Waals surface area contributed by atoms with Gasteiger partial charge in [-0.2, -0.15) is 0 Å². The number of thiophene rings is 1. The lowest BCUT2D eigenvalue weighted by atomic mass is 10.2. The molecule has 31 heavy (non-hydrogen) atoms. The summed E-state index contributed by atoms with van der Waals surface area (Å²) in [5.41, 5.74) is 1.26. The molecular weight excluding hydrogens is 458 g/mol. The van der Waals surface area contributed by atoms with Gasteiger partial charge in [0.1, 0.15) is 11.2 Å². The Morgan fingerprint density at radius 1 is 1.19 bits per heavy atom. The Bertz CT molecular complexity index is 1330. The van der Waals surface area contributed by atoms with Gasteiger partial charge in [-0.1, -0.05) is 23.7 Å². The summed E-state index contributed by atoms with van der Waals surface area (Å²) >= 11 is 7.29. The first-order chi connectivity index (χ1) is 14.8. The molecule has 1 aliphatic heterocycles. The summed E-state index contributed by atoms with van der Waals surface area (Å²) in [5, 5.41) is 0.638. The Hall–Kier alpha value is -2.23. The molecule has 1 saturated heterocycles. The van der Waals surface area contributed by atoms with Crippen LogP contribution in [0.1, 0.15) is 19.3 Å². The third-order valence-electron chi connectivity index (χ3n) is 5.77. The van der Waals surface area contributed by atoms with Crippen LogP contribution in [0.2, 0.25) is 5.02 Å². The van der Waals surface area contributed by atoms with Crippen molar-refractivity contribution in [2.75, 3.05) is 11.5 Å². The fourth-order valence-corrected chi connectivity index (χ4v) is 7.00. The number of aromatic nitrogens is 2. The molecule has 2 aromatic heterocycles. The van der Waals surface area contributed by atoms with Crippen molar-refractivity contribution in [2.24, 2.45) is 0 Å². The fourth-order valence-electron chi connectivity index (χ4n) is 4.09. The molecule has 0 bridgehead atoms. The lowest BCUT2D eigenvalue weighted by Crippen LogP contribution is -2.45. The van der Waals surface area contributed by atoms with Gasteiger partial charge in [0.05, 0.1) is 23.3 Å². The summed E-state index contributed by atoms with van der Waals surface area (Å²) in [6.07, 6.45) is 3.62. The molecule has 3 heterocycles. The van der Waals surface area contributed by atoms with Crippen molar-refractivity contribution in [3.05, 3.63) is 52.0 Å². The van der Waals surface area contributed by atoms with Gasteiger partial charge < -0.3 is 4.90 Å². The van der Waals surface area contributed by atoms with Gasteiger partial charge in [0, 0.05) is 22.0 Å². The Kier molecular flexibility index (Phi) is 5.15. The van der Waals surface area contributed by atoms with Gasteiger partial charge in [-0.15, -0.1) is 11.3 Å². The van der Waals surface area contributed by atoms with E-state index in [2.05, 4.69) is 4.98 Å². The first kappa shape index (κ1) is 20.7. The van der Waals surface area contributed by atoms with Crippen LogP contribution in [0.15, 0.2) is 41.5 Å². The number of carbonyl (C=O) groups excluding carboxylic acids is 1. The summed E-state index contributed by atoms with van der Waals surface area (Å²) in [7, 11) is -3.10. The van der Waals surface area contributed by atoms with E-state index in [1.54, 1.807) is 17.0 Å². The highest BCUT2D eigenvalue weighted by Gasteiger charge is 2.42. The smallest absolute Gasteiger partial charge is 0.271 e. The summed E-state index contributed by atoms with van der Waals surface area (Å²) in [6, 6.07) is 9.00. The zero-order valence-electron chi connectivity index (χ0n) is 16.5. The van der Waals surface area contributed by atoms with E-state index in [1.807, 2.05) is 18.2 Å². The highest BCUT2D eigenvalue weighted by molar-refractivity contribution is 7.91. The number of fused-ring (bicyclic) bond motifs is 1. The van der Waals surface area contributed by atoms with E-state index in [9.17, 15) is 18.0 Å². The Balaban J connectivity index is 1.42. The average molecular weight is 478 g/mol. The fraction of sp³-hybridized carbons (Fsp3) is 0.381.